The van der Waals surface area contributed by atoms with E-state index in [0.717, 1.165) is 11.3 Å². The van der Waals surface area contributed by atoms with Crippen molar-refractivity contribution in [2.45, 2.75) is 6.92 Å². The zero-order valence-electron chi connectivity index (χ0n) is 7.78. The van der Waals surface area contributed by atoms with Crippen molar-refractivity contribution in [1.82, 2.24) is 4.90 Å². The summed E-state index contributed by atoms with van der Waals surface area (Å²) in [6.07, 6.45) is 5.26. The first-order valence-corrected chi connectivity index (χ1v) is 4.41. The zero-order chi connectivity index (χ0) is 10.1. The quantitative estimate of drug-likeness (QED) is 0.528. The molecule has 0 aliphatic carbocycles. The Balaban J connectivity index is 2.46. The molecule has 2 aliphatic rings. The lowest BCUT2D eigenvalue weighted by atomic mass is 10.0. The van der Waals surface area contributed by atoms with E-state index in [-0.39, 0.29) is 5.92 Å². The van der Waals surface area contributed by atoms with Crippen molar-refractivity contribution in [3.8, 4) is 0 Å². The highest BCUT2D eigenvalue weighted by molar-refractivity contribution is 5.66. The molecule has 0 spiro atoms. The summed E-state index contributed by atoms with van der Waals surface area (Å²) in [5.41, 5.74) is 2.23. The fourth-order valence-corrected chi connectivity index (χ4v) is 1.75. The standard InChI is InChI=1S/C11H9NO2/c1-8-10(7-14)5-12-3-2-9(6-13)4-11(8)12/h2-4,8H,5H2,1H3. The van der Waals surface area contributed by atoms with E-state index in [2.05, 4.69) is 0 Å². The molecule has 0 N–H and O–H groups in total. The van der Waals surface area contributed by atoms with Gasteiger partial charge in [-0.05, 0) is 12.2 Å². The topological polar surface area (TPSA) is 37.4 Å². The predicted octanol–water partition coefficient (Wildman–Crippen LogP) is 0.865. The van der Waals surface area contributed by atoms with Crippen LogP contribution in [0.15, 0.2) is 35.2 Å². The van der Waals surface area contributed by atoms with Gasteiger partial charge in [-0.2, -0.15) is 0 Å². The van der Waals surface area contributed by atoms with Crippen LogP contribution in [0.2, 0.25) is 0 Å². The van der Waals surface area contributed by atoms with Crippen molar-refractivity contribution < 1.29 is 9.59 Å². The maximum Gasteiger partial charge on any atom is 0.132 e. The molecule has 2 rings (SSSR count). The van der Waals surface area contributed by atoms with Crippen molar-refractivity contribution in [2.24, 2.45) is 5.92 Å². The minimum absolute atomic E-state index is 0.0563. The molecule has 0 amide bonds. The van der Waals surface area contributed by atoms with Gasteiger partial charge in [0.15, 0.2) is 0 Å². The largest absolute Gasteiger partial charge is 0.346 e. The number of hydrogen-bond donors (Lipinski definition) is 0. The third-order valence-corrected chi connectivity index (χ3v) is 2.63. The first-order valence-electron chi connectivity index (χ1n) is 4.41. The smallest absolute Gasteiger partial charge is 0.132 e. The monoisotopic (exact) mass is 187 g/mol. The minimum Gasteiger partial charge on any atom is -0.346 e. The number of nitrogens with zero attached hydrogens (tertiary/aromatic N) is 1. The summed E-state index contributed by atoms with van der Waals surface area (Å²) in [7, 11) is 0. The Morgan fingerprint density at radius 1 is 1.43 bits per heavy atom. The van der Waals surface area contributed by atoms with Crippen LogP contribution in [0.25, 0.3) is 0 Å². The molecule has 0 aromatic heterocycles. The molecule has 1 atom stereocenters. The van der Waals surface area contributed by atoms with Crippen LogP contribution in [0.5, 0.6) is 0 Å². The van der Waals surface area contributed by atoms with Gasteiger partial charge in [0.25, 0.3) is 0 Å². The average Bonchev–Trinajstić information content (AvgIpc) is 2.55. The molecule has 14 heavy (non-hydrogen) atoms. The molecule has 1 unspecified atom stereocenters. The summed E-state index contributed by atoms with van der Waals surface area (Å²) in [5.74, 6) is 3.84. The molecule has 3 nitrogen and oxygen atoms in total. The fraction of sp³-hybridized carbons (Fsp3) is 0.273. The molecule has 0 bridgehead atoms. The molecule has 1 saturated heterocycles. The van der Waals surface area contributed by atoms with E-state index < -0.39 is 0 Å². The summed E-state index contributed by atoms with van der Waals surface area (Å²) >= 11 is 0. The van der Waals surface area contributed by atoms with E-state index in [0.29, 0.717) is 12.1 Å². The van der Waals surface area contributed by atoms with Gasteiger partial charge in [0.1, 0.15) is 11.9 Å². The van der Waals surface area contributed by atoms with Crippen LogP contribution in [0.3, 0.4) is 0 Å². The summed E-state index contributed by atoms with van der Waals surface area (Å²) in [6.45, 7) is 2.52. The van der Waals surface area contributed by atoms with Gasteiger partial charge in [-0.3, -0.25) is 0 Å². The van der Waals surface area contributed by atoms with Gasteiger partial charge in [-0.25, -0.2) is 9.59 Å². The lowest BCUT2D eigenvalue weighted by molar-refractivity contribution is 0.530. The van der Waals surface area contributed by atoms with Crippen molar-refractivity contribution >= 4 is 11.9 Å². The van der Waals surface area contributed by atoms with Crippen molar-refractivity contribution in [2.75, 3.05) is 6.54 Å². The third kappa shape index (κ3) is 1.16. The Morgan fingerprint density at radius 3 is 2.86 bits per heavy atom. The number of hydrogen-bond acceptors (Lipinski definition) is 3. The number of carbonyl (C=O) groups excluding carboxylic acids is 2. The van der Waals surface area contributed by atoms with Gasteiger partial charge in [-0.15, -0.1) is 0 Å². The first-order chi connectivity index (χ1) is 6.76. The number of rotatable bonds is 0. The van der Waals surface area contributed by atoms with E-state index in [9.17, 15) is 9.59 Å². The normalized spacial score (nSPS) is 24.2. The van der Waals surface area contributed by atoms with E-state index in [1.807, 2.05) is 23.7 Å². The van der Waals surface area contributed by atoms with Crippen LogP contribution in [-0.4, -0.2) is 23.3 Å². The molecule has 0 radical (unpaired) electrons. The Hall–Kier alpha value is -1.82. The zero-order valence-corrected chi connectivity index (χ0v) is 7.78. The molecular weight excluding hydrogens is 178 g/mol. The van der Waals surface area contributed by atoms with E-state index >= 15 is 0 Å². The summed E-state index contributed by atoms with van der Waals surface area (Å²) < 4.78 is 0. The Morgan fingerprint density at radius 2 is 2.21 bits per heavy atom. The molecule has 0 aromatic rings. The van der Waals surface area contributed by atoms with Gasteiger partial charge in [0.2, 0.25) is 0 Å². The lowest BCUT2D eigenvalue weighted by Crippen LogP contribution is -2.13. The van der Waals surface area contributed by atoms with Crippen LogP contribution >= 0.6 is 0 Å². The summed E-state index contributed by atoms with van der Waals surface area (Å²) in [4.78, 5) is 23.0. The molecule has 2 heterocycles. The van der Waals surface area contributed by atoms with Crippen molar-refractivity contribution in [3.05, 3.63) is 35.2 Å². The highest BCUT2D eigenvalue weighted by Gasteiger charge is 2.30. The Labute approximate surface area is 81.7 Å². The molecule has 0 saturated carbocycles. The van der Waals surface area contributed by atoms with E-state index in [4.69, 9.17) is 0 Å². The van der Waals surface area contributed by atoms with Gasteiger partial charge in [0.05, 0.1) is 12.1 Å². The molecule has 1 fully saturated rings. The molecule has 2 aliphatic heterocycles. The average molecular weight is 187 g/mol. The predicted molar refractivity (Wildman–Crippen MR) is 51.5 cm³/mol. The molecule has 0 aromatic carbocycles. The van der Waals surface area contributed by atoms with Crippen molar-refractivity contribution in [1.29, 1.82) is 0 Å². The second-order valence-corrected chi connectivity index (χ2v) is 3.42. The molecular formula is C11H9NO2. The highest BCUT2D eigenvalue weighted by atomic mass is 16.1. The second kappa shape index (κ2) is 3.15. The van der Waals surface area contributed by atoms with E-state index in [1.165, 1.54) is 0 Å². The fourth-order valence-electron chi connectivity index (χ4n) is 1.75. The van der Waals surface area contributed by atoms with Crippen LogP contribution in [0.1, 0.15) is 6.92 Å². The van der Waals surface area contributed by atoms with Crippen LogP contribution < -0.4 is 0 Å². The number of fused-ring (bicyclic) bond motifs is 1. The Kier molecular flexibility index (Phi) is 1.97. The van der Waals surface area contributed by atoms with Gasteiger partial charge in [0, 0.05) is 23.4 Å². The Bertz CT molecular complexity index is 432. The van der Waals surface area contributed by atoms with Crippen LogP contribution in [0, 0.1) is 5.92 Å². The van der Waals surface area contributed by atoms with Gasteiger partial charge >= 0.3 is 0 Å². The van der Waals surface area contributed by atoms with Crippen molar-refractivity contribution in [3.63, 3.8) is 0 Å². The third-order valence-electron chi connectivity index (χ3n) is 2.63. The van der Waals surface area contributed by atoms with Gasteiger partial charge in [-0.1, -0.05) is 6.92 Å². The number of allylic oxidation sites excluding steroid dienone is 4. The summed E-state index contributed by atoms with van der Waals surface area (Å²) in [6, 6.07) is 0. The SMILES string of the molecule is CC1C(=C=O)CN2C=CC(=C=O)C=C12. The lowest BCUT2D eigenvalue weighted by Gasteiger charge is -2.18. The second-order valence-electron chi connectivity index (χ2n) is 3.42. The van der Waals surface area contributed by atoms with Gasteiger partial charge < -0.3 is 4.90 Å². The molecule has 3 heteroatoms. The molecule has 70 valence electrons. The van der Waals surface area contributed by atoms with Crippen LogP contribution in [-0.2, 0) is 9.59 Å². The van der Waals surface area contributed by atoms with Crippen LogP contribution in [0.4, 0.5) is 0 Å². The summed E-state index contributed by atoms with van der Waals surface area (Å²) in [5, 5.41) is 0. The maximum atomic E-state index is 10.6. The minimum atomic E-state index is 0.0563. The maximum absolute atomic E-state index is 10.6. The highest BCUT2D eigenvalue weighted by Crippen LogP contribution is 2.33. The first kappa shape index (κ1) is 8.76. The van der Waals surface area contributed by atoms with E-state index in [1.54, 1.807) is 18.4 Å².